The molecule has 1 aliphatic heterocycles. The molecule has 0 bridgehead atoms. The number of pyridine rings is 1. The number of carbonyl (C=O) groups is 1. The first-order valence-electron chi connectivity index (χ1n) is 8.64. The minimum Gasteiger partial charge on any atom is -0.480 e. The van der Waals surface area contributed by atoms with Gasteiger partial charge in [0.2, 0.25) is 0 Å². The largest absolute Gasteiger partial charge is 0.480 e. The van der Waals surface area contributed by atoms with E-state index in [0.29, 0.717) is 0 Å². The molecule has 0 radical (unpaired) electrons. The molecule has 0 aliphatic carbocycles. The van der Waals surface area contributed by atoms with Gasteiger partial charge in [-0.1, -0.05) is 39.0 Å². The first kappa shape index (κ1) is 18.6. The minimum absolute atomic E-state index is 0.00936. The van der Waals surface area contributed by atoms with Gasteiger partial charge in [-0.25, -0.2) is 0 Å². The Labute approximate surface area is 145 Å². The van der Waals surface area contributed by atoms with E-state index in [1.807, 2.05) is 36.5 Å². The molecule has 5 nitrogen and oxygen atoms in total. The lowest BCUT2D eigenvalue weighted by atomic mass is 9.95. The lowest BCUT2D eigenvalue weighted by molar-refractivity contribution is -0.141. The Kier molecular flexibility index (Phi) is 6.52. The molecule has 0 spiro atoms. The van der Waals surface area contributed by atoms with Gasteiger partial charge in [-0.3, -0.25) is 19.6 Å². The van der Waals surface area contributed by atoms with Crippen molar-refractivity contribution in [1.29, 1.82) is 0 Å². The average Bonchev–Trinajstić information content (AvgIpc) is 2.73. The number of allylic oxidation sites excluding steroid dienone is 1. The Morgan fingerprint density at radius 3 is 2.71 bits per heavy atom. The van der Waals surface area contributed by atoms with Gasteiger partial charge in [-0.05, 0) is 30.5 Å². The summed E-state index contributed by atoms with van der Waals surface area (Å²) in [6.07, 6.45) is 6.64. The van der Waals surface area contributed by atoms with Crippen molar-refractivity contribution in [2.45, 2.75) is 39.8 Å². The fourth-order valence-corrected chi connectivity index (χ4v) is 2.89. The van der Waals surface area contributed by atoms with Crippen LogP contribution in [0.25, 0.3) is 0 Å². The lowest BCUT2D eigenvalue weighted by Crippen LogP contribution is -2.42. The van der Waals surface area contributed by atoms with E-state index in [1.165, 1.54) is 0 Å². The highest BCUT2D eigenvalue weighted by Gasteiger charge is 2.26. The molecule has 0 amide bonds. The van der Waals surface area contributed by atoms with Gasteiger partial charge in [0, 0.05) is 32.4 Å². The number of rotatable bonds is 5. The second-order valence-corrected chi connectivity index (χ2v) is 7.49. The Balaban J connectivity index is 1.97. The topological polar surface area (TPSA) is 56.7 Å². The van der Waals surface area contributed by atoms with Gasteiger partial charge in [-0.15, -0.1) is 0 Å². The van der Waals surface area contributed by atoms with E-state index in [9.17, 15) is 9.90 Å². The minimum atomic E-state index is -0.770. The van der Waals surface area contributed by atoms with E-state index in [4.69, 9.17) is 0 Å². The van der Waals surface area contributed by atoms with Gasteiger partial charge >= 0.3 is 5.97 Å². The van der Waals surface area contributed by atoms with E-state index in [2.05, 4.69) is 35.6 Å². The molecule has 5 heteroatoms. The molecular formula is C19H29N3O2. The van der Waals surface area contributed by atoms with Crippen LogP contribution < -0.4 is 0 Å². The number of hydrogen-bond donors (Lipinski definition) is 1. The predicted octanol–water partition coefficient (Wildman–Crippen LogP) is 2.64. The highest BCUT2D eigenvalue weighted by Crippen LogP contribution is 2.17. The van der Waals surface area contributed by atoms with E-state index in [0.717, 1.165) is 44.8 Å². The molecule has 1 unspecified atom stereocenters. The maximum absolute atomic E-state index is 11.7. The van der Waals surface area contributed by atoms with Crippen molar-refractivity contribution in [2.24, 2.45) is 5.41 Å². The zero-order valence-corrected chi connectivity index (χ0v) is 15.0. The summed E-state index contributed by atoms with van der Waals surface area (Å²) in [6.45, 7) is 10.5. The first-order chi connectivity index (χ1) is 11.3. The Morgan fingerprint density at radius 1 is 1.29 bits per heavy atom. The van der Waals surface area contributed by atoms with Crippen LogP contribution in [0.4, 0.5) is 0 Å². The summed E-state index contributed by atoms with van der Waals surface area (Å²) in [7, 11) is 0. The highest BCUT2D eigenvalue weighted by atomic mass is 16.4. The molecule has 0 aromatic carbocycles. The standard InChI is InChI=1S/C19H29N3O2/c1-19(2,3)9-8-17(18(23)24)22-12-6-11-21(13-14-22)15-16-7-4-5-10-20-16/h4-5,7-10,17H,6,11-15H2,1-3H3,(H,23,24)/b9-8+. The van der Waals surface area contributed by atoms with Gasteiger partial charge in [0.25, 0.3) is 0 Å². The fraction of sp³-hybridized carbons (Fsp3) is 0.579. The highest BCUT2D eigenvalue weighted by molar-refractivity contribution is 5.75. The normalized spacial score (nSPS) is 19.3. The third-order valence-electron chi connectivity index (χ3n) is 4.16. The number of carboxylic acid groups (broad SMARTS) is 1. The molecule has 1 N–H and O–H groups in total. The SMILES string of the molecule is CC(C)(C)/C=C/C(C(=O)O)N1CCCN(Cc2ccccn2)CC1. The first-order valence-corrected chi connectivity index (χ1v) is 8.64. The maximum Gasteiger partial charge on any atom is 0.324 e. The van der Waals surface area contributed by atoms with Crippen LogP contribution in [0.2, 0.25) is 0 Å². The van der Waals surface area contributed by atoms with Crippen molar-refractivity contribution >= 4 is 5.97 Å². The van der Waals surface area contributed by atoms with Crippen LogP contribution in [0, 0.1) is 5.41 Å². The van der Waals surface area contributed by atoms with Crippen LogP contribution in [0.15, 0.2) is 36.5 Å². The van der Waals surface area contributed by atoms with Crippen LogP contribution in [-0.4, -0.2) is 58.1 Å². The van der Waals surface area contributed by atoms with Crippen molar-refractivity contribution in [3.05, 3.63) is 42.2 Å². The third kappa shape index (κ3) is 6.06. The van der Waals surface area contributed by atoms with Gasteiger partial charge in [0.1, 0.15) is 6.04 Å². The summed E-state index contributed by atoms with van der Waals surface area (Å²) >= 11 is 0. The molecule has 2 heterocycles. The number of aliphatic carboxylic acids is 1. The molecule has 1 aromatic heterocycles. The molecule has 1 aliphatic rings. The molecule has 24 heavy (non-hydrogen) atoms. The van der Waals surface area contributed by atoms with E-state index < -0.39 is 12.0 Å². The number of aromatic nitrogens is 1. The third-order valence-corrected chi connectivity index (χ3v) is 4.16. The van der Waals surface area contributed by atoms with Crippen LogP contribution in [0.3, 0.4) is 0 Å². The molecule has 0 saturated carbocycles. The van der Waals surface area contributed by atoms with Crippen LogP contribution in [0.1, 0.15) is 32.9 Å². The molecule has 1 saturated heterocycles. The van der Waals surface area contributed by atoms with E-state index in [1.54, 1.807) is 0 Å². The quantitative estimate of drug-likeness (QED) is 0.841. The van der Waals surface area contributed by atoms with Gasteiger partial charge < -0.3 is 5.11 Å². The van der Waals surface area contributed by atoms with Gasteiger partial charge in [0.15, 0.2) is 0 Å². The molecule has 1 aromatic rings. The zero-order valence-electron chi connectivity index (χ0n) is 15.0. The maximum atomic E-state index is 11.7. The summed E-state index contributed by atoms with van der Waals surface area (Å²) in [4.78, 5) is 20.5. The van der Waals surface area contributed by atoms with Crippen molar-refractivity contribution < 1.29 is 9.90 Å². The fourth-order valence-electron chi connectivity index (χ4n) is 2.89. The van der Waals surface area contributed by atoms with Crippen LogP contribution >= 0.6 is 0 Å². The van der Waals surface area contributed by atoms with Crippen molar-refractivity contribution in [3.63, 3.8) is 0 Å². The Hall–Kier alpha value is -1.72. The second-order valence-electron chi connectivity index (χ2n) is 7.49. The second kappa shape index (κ2) is 8.40. The zero-order chi connectivity index (χ0) is 17.6. The monoisotopic (exact) mass is 331 g/mol. The van der Waals surface area contributed by atoms with Crippen LogP contribution in [0.5, 0.6) is 0 Å². The smallest absolute Gasteiger partial charge is 0.324 e. The Morgan fingerprint density at radius 2 is 2.08 bits per heavy atom. The molecule has 1 atom stereocenters. The average molecular weight is 331 g/mol. The van der Waals surface area contributed by atoms with E-state index in [-0.39, 0.29) is 5.41 Å². The number of nitrogens with zero attached hydrogens (tertiary/aromatic N) is 3. The molecule has 132 valence electrons. The summed E-state index contributed by atoms with van der Waals surface area (Å²) in [5.41, 5.74) is 1.05. The number of hydrogen-bond acceptors (Lipinski definition) is 4. The van der Waals surface area contributed by atoms with Crippen LogP contribution in [-0.2, 0) is 11.3 Å². The van der Waals surface area contributed by atoms with Crippen molar-refractivity contribution in [2.75, 3.05) is 26.2 Å². The molecule has 1 fully saturated rings. The lowest BCUT2D eigenvalue weighted by Gasteiger charge is -2.26. The predicted molar refractivity (Wildman–Crippen MR) is 95.7 cm³/mol. The summed E-state index contributed by atoms with van der Waals surface area (Å²) in [5, 5.41) is 9.60. The molecular weight excluding hydrogens is 302 g/mol. The number of carboxylic acids is 1. The summed E-state index contributed by atoms with van der Waals surface area (Å²) in [6, 6.07) is 5.42. The summed E-state index contributed by atoms with van der Waals surface area (Å²) < 4.78 is 0. The van der Waals surface area contributed by atoms with Crippen molar-refractivity contribution in [1.82, 2.24) is 14.8 Å². The molecule has 2 rings (SSSR count). The summed E-state index contributed by atoms with van der Waals surface area (Å²) in [5.74, 6) is -0.770. The van der Waals surface area contributed by atoms with Gasteiger partial charge in [0.05, 0.1) is 5.69 Å². The van der Waals surface area contributed by atoms with Crippen molar-refractivity contribution in [3.8, 4) is 0 Å². The Bertz CT molecular complexity index is 551. The van der Waals surface area contributed by atoms with E-state index >= 15 is 0 Å². The van der Waals surface area contributed by atoms with Gasteiger partial charge in [-0.2, -0.15) is 0 Å².